The minimum atomic E-state index is -0.0761. The number of nitrogens with one attached hydrogen (secondary N) is 2. The third-order valence-corrected chi connectivity index (χ3v) is 4.86. The van der Waals surface area contributed by atoms with Crippen LogP contribution in [0.5, 0.6) is 0 Å². The van der Waals surface area contributed by atoms with Gasteiger partial charge < -0.3 is 5.32 Å². The molecule has 1 aromatic heterocycles. The zero-order valence-corrected chi connectivity index (χ0v) is 14.6. The number of carbonyl (C=O) groups is 1. The molecule has 1 amide bonds. The number of hydrogen-bond acceptors (Lipinski definition) is 3. The van der Waals surface area contributed by atoms with Crippen molar-refractivity contribution in [1.29, 1.82) is 0 Å². The van der Waals surface area contributed by atoms with Gasteiger partial charge in [0.2, 0.25) is 5.91 Å². The Bertz CT molecular complexity index is 861. The first-order chi connectivity index (χ1) is 12.8. The molecule has 0 saturated carbocycles. The first kappa shape index (κ1) is 16.5. The van der Waals surface area contributed by atoms with Crippen LogP contribution in [-0.4, -0.2) is 33.6 Å². The van der Waals surface area contributed by atoms with E-state index in [4.69, 9.17) is 0 Å². The summed E-state index contributed by atoms with van der Waals surface area (Å²) in [7, 11) is 0. The third-order valence-electron chi connectivity index (χ3n) is 4.86. The van der Waals surface area contributed by atoms with Gasteiger partial charge in [-0.15, -0.1) is 0 Å². The van der Waals surface area contributed by atoms with E-state index in [2.05, 4.69) is 32.5 Å². The summed E-state index contributed by atoms with van der Waals surface area (Å²) in [5.74, 6) is 0.0720. The second-order valence-corrected chi connectivity index (χ2v) is 6.67. The first-order valence-corrected chi connectivity index (χ1v) is 8.98. The third kappa shape index (κ3) is 3.68. The van der Waals surface area contributed by atoms with Gasteiger partial charge in [0.1, 0.15) is 0 Å². The van der Waals surface area contributed by atoms with Gasteiger partial charge in [-0.25, -0.2) is 0 Å². The van der Waals surface area contributed by atoms with Gasteiger partial charge in [-0.05, 0) is 42.6 Å². The standard InChI is InChI=1S/C21H22N4O/c26-21(20-10-5-11-25(20)15-16-6-2-1-3-7-16)24-19-9-4-8-17(12-19)18-13-22-23-14-18/h1-4,6-9,12-14,20H,5,10-11,15H2,(H,22,23)(H,24,26)/t20-/m0/s1. The molecule has 0 aliphatic carbocycles. The zero-order valence-electron chi connectivity index (χ0n) is 14.6. The number of rotatable bonds is 5. The molecular weight excluding hydrogens is 324 g/mol. The van der Waals surface area contributed by atoms with E-state index in [9.17, 15) is 4.79 Å². The molecule has 5 heteroatoms. The van der Waals surface area contributed by atoms with Crippen molar-refractivity contribution in [3.63, 3.8) is 0 Å². The number of H-pyrrole nitrogens is 1. The molecule has 1 aliphatic rings. The molecule has 1 fully saturated rings. The van der Waals surface area contributed by atoms with Gasteiger partial charge in [0.25, 0.3) is 0 Å². The van der Waals surface area contributed by atoms with Crippen LogP contribution in [0, 0.1) is 0 Å². The van der Waals surface area contributed by atoms with E-state index in [1.165, 1.54) is 5.56 Å². The van der Waals surface area contributed by atoms with Crippen molar-refractivity contribution in [3.05, 3.63) is 72.6 Å². The van der Waals surface area contributed by atoms with E-state index in [-0.39, 0.29) is 11.9 Å². The Morgan fingerprint density at radius 1 is 1.15 bits per heavy atom. The average molecular weight is 346 g/mol. The van der Waals surface area contributed by atoms with Crippen LogP contribution in [0.4, 0.5) is 5.69 Å². The second kappa shape index (κ2) is 7.54. The largest absolute Gasteiger partial charge is 0.325 e. The fourth-order valence-corrected chi connectivity index (χ4v) is 3.54. The van der Waals surface area contributed by atoms with Crippen molar-refractivity contribution in [2.45, 2.75) is 25.4 Å². The van der Waals surface area contributed by atoms with Gasteiger partial charge in [0.05, 0.1) is 12.2 Å². The number of likely N-dealkylation sites (tertiary alicyclic amines) is 1. The lowest BCUT2D eigenvalue weighted by molar-refractivity contribution is -0.120. The molecule has 1 saturated heterocycles. The van der Waals surface area contributed by atoms with Crippen molar-refractivity contribution in [2.24, 2.45) is 0 Å². The molecule has 132 valence electrons. The molecular formula is C21H22N4O. The highest BCUT2D eigenvalue weighted by Gasteiger charge is 2.30. The fourth-order valence-electron chi connectivity index (χ4n) is 3.54. The molecule has 5 nitrogen and oxygen atoms in total. The number of amides is 1. The predicted molar refractivity (Wildman–Crippen MR) is 103 cm³/mol. The molecule has 26 heavy (non-hydrogen) atoms. The Labute approximate surface area is 153 Å². The Kier molecular flexibility index (Phi) is 4.80. The molecule has 0 spiro atoms. The van der Waals surface area contributed by atoms with E-state index >= 15 is 0 Å². The van der Waals surface area contributed by atoms with Crippen LogP contribution >= 0.6 is 0 Å². The highest BCUT2D eigenvalue weighted by Crippen LogP contribution is 2.24. The Hall–Kier alpha value is -2.92. The summed E-state index contributed by atoms with van der Waals surface area (Å²) in [4.78, 5) is 15.1. The van der Waals surface area contributed by atoms with E-state index in [1.807, 2.05) is 48.7 Å². The minimum Gasteiger partial charge on any atom is -0.325 e. The van der Waals surface area contributed by atoms with Crippen LogP contribution in [0.1, 0.15) is 18.4 Å². The van der Waals surface area contributed by atoms with Crippen LogP contribution < -0.4 is 5.32 Å². The molecule has 0 radical (unpaired) electrons. The lowest BCUT2D eigenvalue weighted by atomic mass is 10.1. The van der Waals surface area contributed by atoms with Crippen LogP contribution in [0.25, 0.3) is 11.1 Å². The SMILES string of the molecule is O=C(Nc1cccc(-c2cn[nH]c2)c1)[C@@H]1CCCN1Cc1ccccc1. The van der Waals surface area contributed by atoms with Crippen LogP contribution in [0.2, 0.25) is 0 Å². The molecule has 0 bridgehead atoms. The smallest absolute Gasteiger partial charge is 0.241 e. The second-order valence-electron chi connectivity index (χ2n) is 6.67. The molecule has 2 N–H and O–H groups in total. The Morgan fingerprint density at radius 2 is 2.04 bits per heavy atom. The summed E-state index contributed by atoms with van der Waals surface area (Å²) in [6.07, 6.45) is 5.58. The monoisotopic (exact) mass is 346 g/mol. The molecule has 3 aromatic rings. The maximum Gasteiger partial charge on any atom is 0.241 e. The van der Waals surface area contributed by atoms with Crippen molar-refractivity contribution in [1.82, 2.24) is 15.1 Å². The van der Waals surface area contributed by atoms with E-state index in [0.29, 0.717) is 0 Å². The summed E-state index contributed by atoms with van der Waals surface area (Å²) < 4.78 is 0. The van der Waals surface area contributed by atoms with Crippen LogP contribution in [0.15, 0.2) is 67.0 Å². The molecule has 2 heterocycles. The highest BCUT2D eigenvalue weighted by atomic mass is 16.2. The topological polar surface area (TPSA) is 61.0 Å². The van der Waals surface area contributed by atoms with Gasteiger partial charge in [-0.3, -0.25) is 14.8 Å². The predicted octanol–water partition coefficient (Wildman–Crippen LogP) is 3.68. The van der Waals surface area contributed by atoms with Crippen LogP contribution in [-0.2, 0) is 11.3 Å². The van der Waals surface area contributed by atoms with E-state index in [0.717, 1.165) is 42.7 Å². The minimum absolute atomic E-state index is 0.0720. The van der Waals surface area contributed by atoms with Gasteiger partial charge in [0.15, 0.2) is 0 Å². The molecule has 2 aromatic carbocycles. The number of carbonyl (C=O) groups excluding carboxylic acids is 1. The maximum absolute atomic E-state index is 12.8. The summed E-state index contributed by atoms with van der Waals surface area (Å²) in [6.45, 7) is 1.77. The number of aromatic nitrogens is 2. The quantitative estimate of drug-likeness (QED) is 0.741. The fraction of sp³-hybridized carbons (Fsp3) is 0.238. The van der Waals surface area contributed by atoms with Gasteiger partial charge in [0, 0.05) is 24.0 Å². The van der Waals surface area contributed by atoms with E-state index in [1.54, 1.807) is 6.20 Å². The maximum atomic E-state index is 12.8. The summed E-state index contributed by atoms with van der Waals surface area (Å²) in [6, 6.07) is 18.1. The Balaban J connectivity index is 1.45. The van der Waals surface area contributed by atoms with Gasteiger partial charge >= 0.3 is 0 Å². The summed E-state index contributed by atoms with van der Waals surface area (Å²) in [5, 5.41) is 9.89. The number of hydrogen-bond donors (Lipinski definition) is 2. The Morgan fingerprint density at radius 3 is 2.85 bits per heavy atom. The van der Waals surface area contributed by atoms with Crippen molar-refractivity contribution in [2.75, 3.05) is 11.9 Å². The molecule has 0 unspecified atom stereocenters. The number of aromatic amines is 1. The lowest BCUT2D eigenvalue weighted by Crippen LogP contribution is -2.39. The average Bonchev–Trinajstić information content (AvgIpc) is 3.35. The van der Waals surface area contributed by atoms with Gasteiger partial charge in [-0.1, -0.05) is 42.5 Å². The number of anilines is 1. The number of nitrogens with zero attached hydrogens (tertiary/aromatic N) is 2. The molecule has 1 atom stereocenters. The summed E-state index contributed by atoms with van der Waals surface area (Å²) >= 11 is 0. The first-order valence-electron chi connectivity index (χ1n) is 8.98. The van der Waals surface area contributed by atoms with Crippen LogP contribution in [0.3, 0.4) is 0 Å². The van der Waals surface area contributed by atoms with Crippen molar-refractivity contribution >= 4 is 11.6 Å². The van der Waals surface area contributed by atoms with Crippen molar-refractivity contribution in [3.8, 4) is 11.1 Å². The lowest BCUT2D eigenvalue weighted by Gasteiger charge is -2.23. The van der Waals surface area contributed by atoms with Crippen molar-refractivity contribution < 1.29 is 4.79 Å². The van der Waals surface area contributed by atoms with E-state index < -0.39 is 0 Å². The zero-order chi connectivity index (χ0) is 17.8. The molecule has 4 rings (SSSR count). The van der Waals surface area contributed by atoms with Gasteiger partial charge in [-0.2, -0.15) is 5.10 Å². The molecule has 1 aliphatic heterocycles. The highest BCUT2D eigenvalue weighted by molar-refractivity contribution is 5.95. The summed E-state index contributed by atoms with van der Waals surface area (Å²) in [5.41, 5.74) is 4.10. The number of benzene rings is 2. The normalized spacial score (nSPS) is 17.3.